The van der Waals surface area contributed by atoms with E-state index in [0.717, 1.165) is 70.6 Å². The van der Waals surface area contributed by atoms with Gasteiger partial charge in [-0.2, -0.15) is 0 Å². The molecule has 0 fully saturated rings. The van der Waals surface area contributed by atoms with Crippen LogP contribution in [0.25, 0.3) is 0 Å². The van der Waals surface area contributed by atoms with E-state index in [9.17, 15) is 23.8 Å². The highest BCUT2D eigenvalue weighted by molar-refractivity contribution is 7.45. The molecule has 0 heterocycles. The summed E-state index contributed by atoms with van der Waals surface area (Å²) in [4.78, 5) is 49.3. The van der Waals surface area contributed by atoms with Crippen LogP contribution in [-0.4, -0.2) is 75.8 Å². The molecule has 322 valence electrons. The predicted molar refractivity (Wildman–Crippen MR) is 223 cm³/mol. The number of esters is 2. The highest BCUT2D eigenvalue weighted by Gasteiger charge is 2.21. The van der Waals surface area contributed by atoms with Crippen molar-refractivity contribution >= 4 is 25.5 Å². The fourth-order valence-corrected chi connectivity index (χ4v) is 6.66. The van der Waals surface area contributed by atoms with Gasteiger partial charge >= 0.3 is 11.9 Å². The zero-order chi connectivity index (χ0) is 40.9. The number of ether oxygens (including phenoxy) is 2. The summed E-state index contributed by atoms with van der Waals surface area (Å²) < 4.78 is 33.8. The maximum atomic E-state index is 12.7. The van der Waals surface area contributed by atoms with E-state index in [1.54, 1.807) is 6.08 Å². The Morgan fingerprint density at radius 1 is 0.600 bits per heavy atom. The van der Waals surface area contributed by atoms with E-state index in [2.05, 4.69) is 19.9 Å². The van der Waals surface area contributed by atoms with Crippen molar-refractivity contribution in [1.82, 2.24) is 0 Å². The number of quaternary nitrogens is 1. The molecule has 0 aliphatic carbocycles. The van der Waals surface area contributed by atoms with Gasteiger partial charge in [0.25, 0.3) is 7.82 Å². The van der Waals surface area contributed by atoms with Crippen molar-refractivity contribution in [2.24, 2.45) is 0 Å². The zero-order valence-electron chi connectivity index (χ0n) is 35.9. The molecule has 0 radical (unpaired) electrons. The smallest absolute Gasteiger partial charge is 0.306 e. The van der Waals surface area contributed by atoms with Gasteiger partial charge in [0.15, 0.2) is 11.9 Å². The molecule has 0 aromatic carbocycles. The van der Waals surface area contributed by atoms with E-state index in [-0.39, 0.29) is 31.8 Å². The molecular weight excluding hydrogens is 717 g/mol. The van der Waals surface area contributed by atoms with Crippen LogP contribution in [0, 0.1) is 0 Å². The number of hydrogen-bond acceptors (Lipinski definition) is 9. The minimum absolute atomic E-state index is 0.0451. The number of phosphoric acid groups is 1. The van der Waals surface area contributed by atoms with Gasteiger partial charge in [-0.15, -0.1) is 0 Å². The Bertz CT molecular complexity index is 1060. The van der Waals surface area contributed by atoms with Gasteiger partial charge in [0.05, 0.1) is 27.7 Å². The van der Waals surface area contributed by atoms with E-state index in [1.807, 2.05) is 33.3 Å². The van der Waals surface area contributed by atoms with Gasteiger partial charge in [0.2, 0.25) is 0 Å². The molecule has 0 rings (SSSR count). The maximum absolute atomic E-state index is 12.7. The molecule has 1 unspecified atom stereocenters. The molecule has 0 aromatic rings. The number of carbonyl (C=O) groups excluding carboxylic acids is 3. The Labute approximate surface area is 336 Å². The van der Waals surface area contributed by atoms with Gasteiger partial charge in [0, 0.05) is 19.3 Å². The van der Waals surface area contributed by atoms with Crippen LogP contribution in [0.3, 0.4) is 0 Å². The van der Waals surface area contributed by atoms with Crippen LogP contribution >= 0.6 is 7.82 Å². The van der Waals surface area contributed by atoms with Crippen LogP contribution in [0.1, 0.15) is 187 Å². The average Bonchev–Trinajstić information content (AvgIpc) is 3.12. The predicted octanol–water partition coefficient (Wildman–Crippen LogP) is 10.9. The van der Waals surface area contributed by atoms with E-state index >= 15 is 0 Å². The molecule has 0 saturated heterocycles. The summed E-state index contributed by atoms with van der Waals surface area (Å²) in [5.41, 5.74) is 0. The lowest BCUT2D eigenvalue weighted by molar-refractivity contribution is -0.870. The lowest BCUT2D eigenvalue weighted by Crippen LogP contribution is -2.37. The molecular formula is C44H82NO9P. The molecule has 0 bridgehead atoms. The maximum Gasteiger partial charge on any atom is 0.306 e. The number of carbonyl (C=O) groups is 3. The second-order valence-electron chi connectivity index (χ2n) is 16.1. The van der Waals surface area contributed by atoms with E-state index in [0.29, 0.717) is 23.9 Å². The van der Waals surface area contributed by atoms with E-state index in [4.69, 9.17) is 18.5 Å². The van der Waals surface area contributed by atoms with Gasteiger partial charge in [-0.25, -0.2) is 0 Å². The van der Waals surface area contributed by atoms with Crippen LogP contribution < -0.4 is 4.89 Å². The second kappa shape index (κ2) is 36.5. The molecule has 0 N–H and O–H groups in total. The van der Waals surface area contributed by atoms with Crippen LogP contribution in [0.5, 0.6) is 0 Å². The number of phosphoric ester groups is 1. The number of nitrogens with zero attached hydrogens (tertiary/aromatic N) is 1. The number of hydrogen-bond donors (Lipinski definition) is 0. The largest absolute Gasteiger partial charge is 0.756 e. The minimum atomic E-state index is -4.64. The Balaban J connectivity index is 4.41. The van der Waals surface area contributed by atoms with Crippen molar-refractivity contribution in [1.29, 1.82) is 0 Å². The van der Waals surface area contributed by atoms with E-state index in [1.165, 1.54) is 77.0 Å². The molecule has 11 heteroatoms. The van der Waals surface area contributed by atoms with Crippen LogP contribution in [0.2, 0.25) is 0 Å². The van der Waals surface area contributed by atoms with Crippen molar-refractivity contribution in [3.05, 3.63) is 24.3 Å². The number of unbranched alkanes of at least 4 members (excludes halogenated alkanes) is 21. The lowest BCUT2D eigenvalue weighted by atomic mass is 10.0. The molecule has 2 atom stereocenters. The molecule has 0 amide bonds. The zero-order valence-corrected chi connectivity index (χ0v) is 36.8. The standard InChI is InChI=1S/C44H82NO9P/c1-6-8-10-11-12-13-14-15-16-17-18-21-24-27-31-35-43(47)51-39-42(40-53-55(49,50)52-38-37-45(3,4)5)54-44(48)36-32-28-25-22-19-20-23-26-30-34-41(46)33-29-9-7-2/h23,26,30,34,42H,6-22,24-25,27-29,31-33,35-40H2,1-5H3/b26-23-,34-30+/t42-/m1/s1. The van der Waals surface area contributed by atoms with Crippen molar-refractivity contribution in [3.63, 3.8) is 0 Å². The van der Waals surface area contributed by atoms with Gasteiger partial charge in [0.1, 0.15) is 19.8 Å². The first-order chi connectivity index (χ1) is 26.4. The highest BCUT2D eigenvalue weighted by Crippen LogP contribution is 2.38. The molecule has 55 heavy (non-hydrogen) atoms. The van der Waals surface area contributed by atoms with Gasteiger partial charge in [-0.1, -0.05) is 154 Å². The van der Waals surface area contributed by atoms with Crippen molar-refractivity contribution < 1.29 is 46.8 Å². The first-order valence-corrected chi connectivity index (χ1v) is 23.5. The summed E-state index contributed by atoms with van der Waals surface area (Å²) in [6.45, 7) is 4.03. The molecule has 0 spiro atoms. The fourth-order valence-electron chi connectivity index (χ4n) is 5.93. The topological polar surface area (TPSA) is 128 Å². The summed E-state index contributed by atoms with van der Waals surface area (Å²) in [5, 5.41) is 0. The SMILES string of the molecule is CCCCCCCCCCCCCCCCCC(=O)OC[C@H](COP(=O)([O-])OCC[N+](C)(C)C)OC(=O)CCCCCCC/C=C\C=C\C(=O)CCCCC. The third-order valence-electron chi connectivity index (χ3n) is 9.45. The monoisotopic (exact) mass is 800 g/mol. The third-order valence-corrected chi connectivity index (χ3v) is 10.4. The van der Waals surface area contributed by atoms with Crippen molar-refractivity contribution in [2.45, 2.75) is 193 Å². The van der Waals surface area contributed by atoms with Crippen molar-refractivity contribution in [3.8, 4) is 0 Å². The number of likely N-dealkylation sites (N-methyl/N-ethyl adjacent to an activating group) is 1. The van der Waals surface area contributed by atoms with Gasteiger partial charge in [-0.05, 0) is 38.2 Å². The first-order valence-electron chi connectivity index (χ1n) is 22.0. The van der Waals surface area contributed by atoms with Crippen LogP contribution in [0.4, 0.5) is 0 Å². The Morgan fingerprint density at radius 3 is 1.62 bits per heavy atom. The lowest BCUT2D eigenvalue weighted by Gasteiger charge is -2.28. The van der Waals surface area contributed by atoms with Crippen molar-refractivity contribution in [2.75, 3.05) is 47.5 Å². The Morgan fingerprint density at radius 2 is 1.07 bits per heavy atom. The van der Waals surface area contributed by atoms with Crippen LogP contribution in [-0.2, 0) is 37.5 Å². The number of ketones is 1. The normalized spacial score (nSPS) is 13.7. The molecule has 0 aliphatic rings. The second-order valence-corrected chi connectivity index (χ2v) is 17.5. The summed E-state index contributed by atoms with van der Waals surface area (Å²) in [7, 11) is 1.11. The van der Waals surface area contributed by atoms with E-state index < -0.39 is 32.5 Å². The van der Waals surface area contributed by atoms with Gasteiger partial charge in [-0.3, -0.25) is 18.9 Å². The quantitative estimate of drug-likeness (QED) is 0.0148. The number of allylic oxidation sites excluding steroid dienone is 4. The summed E-state index contributed by atoms with van der Waals surface area (Å²) >= 11 is 0. The summed E-state index contributed by atoms with van der Waals surface area (Å²) in [5.74, 6) is -0.716. The molecule has 0 aliphatic heterocycles. The first kappa shape index (κ1) is 53.2. The van der Waals surface area contributed by atoms with Crippen LogP contribution in [0.15, 0.2) is 24.3 Å². The molecule has 0 aromatic heterocycles. The highest BCUT2D eigenvalue weighted by atomic mass is 31.2. The minimum Gasteiger partial charge on any atom is -0.756 e. The third kappa shape index (κ3) is 40.2. The molecule has 0 saturated carbocycles. The Kier molecular flexibility index (Phi) is 35.3. The number of rotatable bonds is 40. The fraction of sp³-hybridized carbons (Fsp3) is 0.841. The average molecular weight is 800 g/mol. The Hall–Kier alpha value is -1.84. The molecule has 10 nitrogen and oxygen atoms in total. The van der Waals surface area contributed by atoms with Gasteiger partial charge < -0.3 is 27.9 Å². The summed E-state index contributed by atoms with van der Waals surface area (Å²) in [6, 6.07) is 0. The summed E-state index contributed by atoms with van der Waals surface area (Å²) in [6.07, 6.45) is 34.6.